The lowest BCUT2D eigenvalue weighted by Crippen LogP contribution is -2.40. The Kier molecular flexibility index (Phi) is 6.44. The number of carbonyl (C=O) groups excluding carboxylic acids is 1. The van der Waals surface area contributed by atoms with E-state index >= 15 is 0 Å². The van der Waals surface area contributed by atoms with Gasteiger partial charge in [-0.2, -0.15) is 13.2 Å². The molecule has 0 unspecified atom stereocenters. The van der Waals surface area contributed by atoms with E-state index in [-0.39, 0.29) is 12.6 Å². The highest BCUT2D eigenvalue weighted by Crippen LogP contribution is 2.29. The number of alkyl halides is 3. The van der Waals surface area contributed by atoms with Crippen LogP contribution in [0.2, 0.25) is 0 Å². The van der Waals surface area contributed by atoms with Crippen LogP contribution in [-0.2, 0) is 19.1 Å². The molecule has 0 aliphatic carbocycles. The molecule has 0 aliphatic heterocycles. The molecule has 0 saturated carbocycles. The second kappa shape index (κ2) is 8.55. The highest BCUT2D eigenvalue weighted by atomic mass is 19.4. The first-order valence-corrected chi connectivity index (χ1v) is 8.13. The van der Waals surface area contributed by atoms with Gasteiger partial charge >= 0.3 is 12.2 Å². The van der Waals surface area contributed by atoms with Gasteiger partial charge in [-0.15, -0.1) is 0 Å². The summed E-state index contributed by atoms with van der Waals surface area (Å²) in [6.07, 6.45) is -3.66. The van der Waals surface area contributed by atoms with Crippen LogP contribution in [0, 0.1) is 0 Å². The molecule has 0 aromatic heterocycles. The van der Waals surface area contributed by atoms with E-state index in [1.165, 1.54) is 6.07 Å². The van der Waals surface area contributed by atoms with Crippen molar-refractivity contribution in [2.45, 2.75) is 26.1 Å². The summed E-state index contributed by atoms with van der Waals surface area (Å²) in [4.78, 5) is 13.9. The molecular formula is C19H21F3N2O. The summed E-state index contributed by atoms with van der Waals surface area (Å²) in [6.45, 7) is 3.01. The summed E-state index contributed by atoms with van der Waals surface area (Å²) in [7, 11) is 0. The Morgan fingerprint density at radius 1 is 1.04 bits per heavy atom. The van der Waals surface area contributed by atoms with E-state index in [9.17, 15) is 18.0 Å². The number of rotatable bonds is 6. The molecule has 2 aromatic carbocycles. The molecule has 2 amide bonds. The molecule has 0 heterocycles. The Morgan fingerprint density at radius 2 is 1.72 bits per heavy atom. The van der Waals surface area contributed by atoms with Crippen molar-refractivity contribution in [1.82, 2.24) is 10.2 Å². The number of hydrogen-bond acceptors (Lipinski definition) is 1. The zero-order valence-electron chi connectivity index (χ0n) is 14.0. The molecule has 0 aliphatic rings. The van der Waals surface area contributed by atoms with Gasteiger partial charge in [0, 0.05) is 19.6 Å². The number of urea groups is 1. The number of benzene rings is 2. The number of nitrogens with zero attached hydrogens (tertiary/aromatic N) is 1. The number of likely N-dealkylation sites (N-methyl/N-ethyl adjacent to an activating group) is 1. The summed E-state index contributed by atoms with van der Waals surface area (Å²) >= 11 is 0. The van der Waals surface area contributed by atoms with Crippen molar-refractivity contribution in [1.29, 1.82) is 0 Å². The van der Waals surface area contributed by atoms with E-state index < -0.39 is 11.7 Å². The molecule has 0 fully saturated rings. The maximum Gasteiger partial charge on any atom is 0.416 e. The van der Waals surface area contributed by atoms with Crippen molar-refractivity contribution in [2.24, 2.45) is 0 Å². The summed E-state index contributed by atoms with van der Waals surface area (Å²) in [6, 6.07) is 14.5. The standard InChI is InChI=1S/C19H21F3N2O/c1-2-24(12-11-15-7-4-3-5-8-15)18(25)23-14-16-9-6-10-17(13-16)19(20,21)22/h3-10,13H,2,11-12,14H2,1H3,(H,23,25). The average Bonchev–Trinajstić information content (AvgIpc) is 2.61. The summed E-state index contributed by atoms with van der Waals surface area (Å²) < 4.78 is 38.1. The van der Waals surface area contributed by atoms with Crippen molar-refractivity contribution in [2.75, 3.05) is 13.1 Å². The monoisotopic (exact) mass is 350 g/mol. The Labute approximate surface area is 145 Å². The molecule has 2 aromatic rings. The van der Waals surface area contributed by atoms with Gasteiger partial charge in [-0.05, 0) is 36.6 Å². The predicted octanol–water partition coefficient (Wildman–Crippen LogP) is 4.48. The average molecular weight is 350 g/mol. The first kappa shape index (κ1) is 18.8. The highest BCUT2D eigenvalue weighted by molar-refractivity contribution is 5.74. The maximum absolute atomic E-state index is 12.7. The molecule has 0 atom stereocenters. The van der Waals surface area contributed by atoms with Gasteiger partial charge in [0.1, 0.15) is 0 Å². The van der Waals surface area contributed by atoms with Crippen LogP contribution < -0.4 is 5.32 Å². The Hall–Kier alpha value is -2.50. The van der Waals surface area contributed by atoms with Gasteiger partial charge in [0.05, 0.1) is 5.56 Å². The SMILES string of the molecule is CCN(CCc1ccccc1)C(=O)NCc1cccc(C(F)(F)F)c1. The predicted molar refractivity (Wildman–Crippen MR) is 91.1 cm³/mol. The van der Waals surface area contributed by atoms with Gasteiger partial charge in [-0.3, -0.25) is 0 Å². The fraction of sp³-hybridized carbons (Fsp3) is 0.316. The molecule has 134 valence electrons. The van der Waals surface area contributed by atoms with E-state index in [2.05, 4.69) is 5.32 Å². The third-order valence-electron chi connectivity index (χ3n) is 3.88. The van der Waals surface area contributed by atoms with Crippen LogP contribution in [0.25, 0.3) is 0 Å². The van der Waals surface area contributed by atoms with Crippen molar-refractivity contribution in [3.63, 3.8) is 0 Å². The topological polar surface area (TPSA) is 32.3 Å². The third-order valence-corrected chi connectivity index (χ3v) is 3.88. The molecule has 0 saturated heterocycles. The van der Waals surface area contributed by atoms with E-state index in [1.807, 2.05) is 37.3 Å². The van der Waals surface area contributed by atoms with Crippen molar-refractivity contribution < 1.29 is 18.0 Å². The van der Waals surface area contributed by atoms with Gasteiger partial charge in [0.2, 0.25) is 0 Å². The second-order valence-corrected chi connectivity index (χ2v) is 5.67. The van der Waals surface area contributed by atoms with Crippen molar-refractivity contribution >= 4 is 6.03 Å². The van der Waals surface area contributed by atoms with Gasteiger partial charge in [0.25, 0.3) is 0 Å². The Balaban J connectivity index is 1.89. The second-order valence-electron chi connectivity index (χ2n) is 5.67. The van der Waals surface area contributed by atoms with Crippen molar-refractivity contribution in [3.05, 3.63) is 71.3 Å². The molecule has 25 heavy (non-hydrogen) atoms. The highest BCUT2D eigenvalue weighted by Gasteiger charge is 2.30. The first-order valence-electron chi connectivity index (χ1n) is 8.13. The lowest BCUT2D eigenvalue weighted by molar-refractivity contribution is -0.137. The molecule has 0 spiro atoms. The van der Waals surface area contributed by atoms with Gasteiger partial charge in [0.15, 0.2) is 0 Å². The van der Waals surface area contributed by atoms with Gasteiger partial charge in [-0.1, -0.05) is 42.5 Å². The van der Waals surface area contributed by atoms with E-state index in [0.717, 1.165) is 24.1 Å². The number of amides is 2. The Morgan fingerprint density at radius 3 is 2.36 bits per heavy atom. The molecule has 6 heteroatoms. The van der Waals surface area contributed by atoms with Crippen LogP contribution in [0.1, 0.15) is 23.6 Å². The fourth-order valence-electron chi connectivity index (χ4n) is 2.46. The van der Waals surface area contributed by atoms with Crippen LogP contribution >= 0.6 is 0 Å². The molecule has 0 radical (unpaired) electrons. The number of hydrogen-bond donors (Lipinski definition) is 1. The van der Waals surface area contributed by atoms with Crippen LogP contribution in [0.4, 0.5) is 18.0 Å². The lowest BCUT2D eigenvalue weighted by atomic mass is 10.1. The van der Waals surface area contributed by atoms with E-state index in [4.69, 9.17) is 0 Å². The van der Waals surface area contributed by atoms with E-state index in [1.54, 1.807) is 11.0 Å². The van der Waals surface area contributed by atoms with Crippen LogP contribution in [-0.4, -0.2) is 24.0 Å². The molecule has 0 bridgehead atoms. The minimum Gasteiger partial charge on any atom is -0.334 e. The lowest BCUT2D eigenvalue weighted by Gasteiger charge is -2.21. The van der Waals surface area contributed by atoms with Crippen LogP contribution in [0.5, 0.6) is 0 Å². The zero-order valence-corrected chi connectivity index (χ0v) is 14.0. The third kappa shape index (κ3) is 5.81. The fourth-order valence-corrected chi connectivity index (χ4v) is 2.46. The number of halogens is 3. The minimum absolute atomic E-state index is 0.0601. The molecule has 2 rings (SSSR count). The van der Waals surface area contributed by atoms with E-state index in [0.29, 0.717) is 18.7 Å². The normalized spacial score (nSPS) is 11.2. The molecular weight excluding hydrogens is 329 g/mol. The number of nitrogens with one attached hydrogen (secondary N) is 1. The summed E-state index contributed by atoms with van der Waals surface area (Å²) in [5, 5.41) is 2.68. The van der Waals surface area contributed by atoms with Gasteiger partial charge in [-0.25, -0.2) is 4.79 Å². The van der Waals surface area contributed by atoms with Crippen LogP contribution in [0.15, 0.2) is 54.6 Å². The minimum atomic E-state index is -4.38. The summed E-state index contributed by atoms with van der Waals surface area (Å²) in [5.41, 5.74) is 0.838. The van der Waals surface area contributed by atoms with Crippen molar-refractivity contribution in [3.8, 4) is 0 Å². The van der Waals surface area contributed by atoms with Crippen LogP contribution in [0.3, 0.4) is 0 Å². The summed E-state index contributed by atoms with van der Waals surface area (Å²) in [5.74, 6) is 0. The largest absolute Gasteiger partial charge is 0.416 e. The first-order chi connectivity index (χ1) is 11.9. The zero-order chi connectivity index (χ0) is 18.3. The molecule has 1 N–H and O–H groups in total. The van der Waals surface area contributed by atoms with Gasteiger partial charge < -0.3 is 10.2 Å². The number of carbonyl (C=O) groups is 1. The Bertz CT molecular complexity index is 687. The quantitative estimate of drug-likeness (QED) is 0.818. The smallest absolute Gasteiger partial charge is 0.334 e. The maximum atomic E-state index is 12.7. The molecule has 3 nitrogen and oxygen atoms in total.